The Balaban J connectivity index is 0.00000736. The van der Waals surface area contributed by atoms with Gasteiger partial charge >= 0.3 is 21.1 Å². The van der Waals surface area contributed by atoms with Crippen LogP contribution in [-0.2, 0) is 53.8 Å². The zero-order valence-corrected chi connectivity index (χ0v) is 56.3. The van der Waals surface area contributed by atoms with E-state index in [-0.39, 0.29) is 54.6 Å². The van der Waals surface area contributed by atoms with Gasteiger partial charge in [-0.25, -0.2) is 4.98 Å². The summed E-state index contributed by atoms with van der Waals surface area (Å²) in [6, 6.07) is 48.1. The van der Waals surface area contributed by atoms with Crippen molar-refractivity contribution in [1.82, 2.24) is 9.55 Å². The van der Waals surface area contributed by atoms with E-state index < -0.39 is 11.1 Å². The first-order chi connectivity index (χ1) is 38.7. The summed E-state index contributed by atoms with van der Waals surface area (Å²) in [5.41, 5.74) is 25.4. The first-order valence-electron chi connectivity index (χ1n) is 30.4. The average Bonchev–Trinajstić information content (AvgIpc) is 1.46. The molecular weight excluding hydrogens is 1200 g/mol. The fourth-order valence-corrected chi connectivity index (χ4v) is 14.6. The number of nitrogens with zero attached hydrogens (tertiary/aromatic N) is 4. The van der Waals surface area contributed by atoms with Gasteiger partial charge in [-0.3, -0.25) is 0 Å². The zero-order valence-electron chi connectivity index (χ0n) is 54.1. The fraction of sp³-hybridized carbons (Fsp3) is 0.385. The molecule has 0 spiro atoms. The summed E-state index contributed by atoms with van der Waals surface area (Å²) in [7, 11) is 0. The normalized spacial score (nSPS) is 18.0. The minimum absolute atomic E-state index is 0. The predicted molar refractivity (Wildman–Crippen MR) is 350 cm³/mol. The van der Waals surface area contributed by atoms with Crippen LogP contribution in [-0.4, -0.2) is 15.4 Å². The Labute approximate surface area is 516 Å². The molecular formula is C78H86N4OPt. The van der Waals surface area contributed by atoms with E-state index in [4.69, 9.17) is 14.7 Å². The van der Waals surface area contributed by atoms with Gasteiger partial charge in [0.25, 0.3) is 0 Å². The van der Waals surface area contributed by atoms with Gasteiger partial charge in [0.2, 0.25) is 0 Å². The number of aliphatic imine (C=N–C) groups is 1. The third-order valence-corrected chi connectivity index (χ3v) is 19.5. The van der Waals surface area contributed by atoms with Crippen LogP contribution in [0.15, 0.2) is 114 Å². The molecule has 0 bridgehead atoms. The molecule has 0 saturated heterocycles. The third kappa shape index (κ3) is 8.84. The molecule has 2 aromatic heterocycles. The summed E-state index contributed by atoms with van der Waals surface area (Å²) < 4.78 is 9.86. The average molecular weight is 1290 g/mol. The van der Waals surface area contributed by atoms with E-state index in [1.54, 1.807) is 0 Å². The first kappa shape index (κ1) is 59.2. The molecule has 4 heterocycles. The van der Waals surface area contributed by atoms with Crippen molar-refractivity contribution in [2.75, 3.05) is 4.90 Å². The van der Waals surface area contributed by atoms with Crippen LogP contribution in [0, 0.1) is 46.8 Å². The third-order valence-electron chi connectivity index (χ3n) is 19.5. The van der Waals surface area contributed by atoms with Crippen molar-refractivity contribution < 1.29 is 25.8 Å². The number of amidine groups is 1. The Morgan fingerprint density at radius 2 is 1.15 bits per heavy atom. The molecule has 0 N–H and O–H groups in total. The zero-order chi connectivity index (χ0) is 59.7. The van der Waals surface area contributed by atoms with E-state index in [1.807, 2.05) is 6.20 Å². The molecule has 0 unspecified atom stereocenters. The summed E-state index contributed by atoms with van der Waals surface area (Å²) in [6.45, 7) is 50.9. The van der Waals surface area contributed by atoms with E-state index in [0.717, 1.165) is 33.9 Å². The van der Waals surface area contributed by atoms with Crippen molar-refractivity contribution in [3.05, 3.63) is 205 Å². The number of hydrogen-bond acceptors (Lipinski definition) is 4. The van der Waals surface area contributed by atoms with Crippen LogP contribution in [0.4, 0.5) is 5.69 Å². The maximum atomic E-state index is 7.49. The summed E-state index contributed by atoms with van der Waals surface area (Å²) in [5, 5.41) is 2.42. The number of ether oxygens (including phenoxy) is 1. The quantitative estimate of drug-likeness (QED) is 0.149. The molecule has 3 aliphatic rings. The number of benzene rings is 7. The van der Waals surface area contributed by atoms with Crippen LogP contribution in [0.25, 0.3) is 49.9 Å². The molecule has 12 rings (SSSR count). The van der Waals surface area contributed by atoms with Crippen LogP contribution < -0.4 is 9.64 Å². The molecule has 5 nitrogen and oxygen atoms in total. The van der Waals surface area contributed by atoms with Gasteiger partial charge in [-0.2, -0.15) is 6.07 Å². The van der Waals surface area contributed by atoms with Crippen LogP contribution in [0.5, 0.6) is 11.5 Å². The van der Waals surface area contributed by atoms with Crippen LogP contribution in [0.1, 0.15) is 213 Å². The summed E-state index contributed by atoms with van der Waals surface area (Å²) in [6.07, 6.45) is 1.95. The number of hydrogen-bond donors (Lipinski definition) is 0. The number of pyridine rings is 1. The number of para-hydroxylation sites is 1. The van der Waals surface area contributed by atoms with Crippen molar-refractivity contribution in [2.45, 2.75) is 197 Å². The largest absolute Gasteiger partial charge is 2.00 e. The number of anilines is 1. The van der Waals surface area contributed by atoms with Crippen LogP contribution >= 0.6 is 0 Å². The van der Waals surface area contributed by atoms with E-state index >= 15 is 0 Å². The topological polar surface area (TPSA) is 42.6 Å². The van der Waals surface area contributed by atoms with Gasteiger partial charge in [0.05, 0.1) is 16.9 Å². The maximum Gasteiger partial charge on any atom is 2.00 e. The Morgan fingerprint density at radius 1 is 0.571 bits per heavy atom. The molecule has 0 amide bonds. The van der Waals surface area contributed by atoms with Gasteiger partial charge in [-0.15, -0.1) is 28.8 Å². The SMILES string of the molecule is Cc1cc(C)c(-c2cc(Oc3[c-]c4c(cc3C)C(C)(C)c3cc(C(C)(C)C)cc5c6c(C)ccnc6n-4c35)[c-]c(C3=N[C@]4(C)c5ccc(C(C)(C)C)cc5-c5cc(C(C)(C)C)ccc5[C@]4(C)N3c3c(C(C)C)cccc3C(C)C)c2)c(C)c1.[Pt+2]. The standard InChI is InChI=1S/C78H86N4O.Pt/c1-43(2)56-24-23-25-57(44(3)4)69(56)82-71(80-77(21)61-28-26-52(73(10,11)12)38-58(61)59-39-53(74(13,14)15)27-29-62(59)78(77,82)22)51-35-50(67-48(8)32-45(5)33-49(67)9)36-55(37-51)83-66-42-65-63(34-47(66)7)76(19,20)64-41-54(75(16,17)18)40-60-68-46(6)30-31-79-72(68)81(65)70(60)64;/h23-36,38-41,43-44H,1-22H3;/q-2;+2/t77-,78+;/m1./s1. The number of aryl methyl sites for hydroxylation is 5. The van der Waals surface area contributed by atoms with Crippen molar-refractivity contribution in [1.29, 1.82) is 0 Å². The fourth-order valence-electron chi connectivity index (χ4n) is 14.6. The van der Waals surface area contributed by atoms with Crippen molar-refractivity contribution in [3.63, 3.8) is 0 Å². The van der Waals surface area contributed by atoms with Gasteiger partial charge in [0.1, 0.15) is 11.2 Å². The molecule has 0 saturated carbocycles. The van der Waals surface area contributed by atoms with Crippen LogP contribution in [0.3, 0.4) is 0 Å². The van der Waals surface area contributed by atoms with Gasteiger partial charge in [0.15, 0.2) is 0 Å². The number of rotatable bonds is 7. The van der Waals surface area contributed by atoms with Gasteiger partial charge in [-0.05, 0) is 165 Å². The Kier molecular flexibility index (Phi) is 13.9. The van der Waals surface area contributed by atoms with Crippen molar-refractivity contribution in [2.24, 2.45) is 4.99 Å². The minimum Gasteiger partial charge on any atom is -0.503 e. The second-order valence-corrected chi connectivity index (χ2v) is 29.6. The molecule has 1 aliphatic carbocycles. The van der Waals surface area contributed by atoms with Gasteiger partial charge in [0, 0.05) is 34.2 Å². The Morgan fingerprint density at radius 3 is 1.74 bits per heavy atom. The molecule has 9 aromatic rings. The van der Waals surface area contributed by atoms with Gasteiger partial charge < -0.3 is 19.2 Å². The summed E-state index contributed by atoms with van der Waals surface area (Å²) in [4.78, 5) is 14.1. The van der Waals surface area contributed by atoms with E-state index in [1.165, 1.54) is 111 Å². The Bertz CT molecular complexity index is 4210. The monoisotopic (exact) mass is 1290 g/mol. The van der Waals surface area contributed by atoms with E-state index in [9.17, 15) is 0 Å². The van der Waals surface area contributed by atoms with E-state index in [0.29, 0.717) is 11.5 Å². The molecule has 0 fully saturated rings. The second kappa shape index (κ2) is 19.7. The molecule has 7 aromatic carbocycles. The number of fused-ring (bicyclic) bond motifs is 11. The Hall–Kier alpha value is -6.55. The first-order valence-corrected chi connectivity index (χ1v) is 30.4. The summed E-state index contributed by atoms with van der Waals surface area (Å²) >= 11 is 0. The van der Waals surface area contributed by atoms with E-state index in [2.05, 4.69) is 277 Å². The van der Waals surface area contributed by atoms with Gasteiger partial charge in [-0.1, -0.05) is 213 Å². The minimum atomic E-state index is -0.764. The molecule has 434 valence electrons. The van der Waals surface area contributed by atoms with Crippen molar-refractivity contribution >= 4 is 33.5 Å². The maximum absolute atomic E-state index is 7.49. The molecule has 2 atom stereocenters. The molecule has 0 radical (unpaired) electrons. The second-order valence-electron chi connectivity index (χ2n) is 29.6. The number of aromatic nitrogens is 2. The van der Waals surface area contributed by atoms with Crippen molar-refractivity contribution in [3.8, 4) is 39.4 Å². The molecule has 2 aliphatic heterocycles. The molecule has 6 heteroatoms. The summed E-state index contributed by atoms with van der Waals surface area (Å²) in [5.74, 6) is 2.58. The van der Waals surface area contributed by atoms with Crippen LogP contribution in [0.2, 0.25) is 0 Å². The smallest absolute Gasteiger partial charge is 0.503 e. The predicted octanol–water partition coefficient (Wildman–Crippen LogP) is 20.6. The molecule has 84 heavy (non-hydrogen) atoms.